The van der Waals surface area contributed by atoms with Gasteiger partial charge in [0.05, 0.1) is 18.5 Å². The largest absolute Gasteiger partial charge is 0.495 e. The van der Waals surface area contributed by atoms with Crippen molar-refractivity contribution in [2.24, 2.45) is 0 Å². The van der Waals surface area contributed by atoms with Crippen LogP contribution in [0.1, 0.15) is 0 Å². The average Bonchev–Trinajstić information content (AvgIpc) is 2.89. The monoisotopic (exact) mass is 454 g/mol. The molecule has 0 saturated carbocycles. The van der Waals surface area contributed by atoms with Crippen LogP contribution in [0.4, 0.5) is 5.69 Å². The summed E-state index contributed by atoms with van der Waals surface area (Å²) in [5.41, 5.74) is 2.35. The third-order valence-electron chi connectivity index (χ3n) is 6.28. The molecule has 0 aliphatic carbocycles. The zero-order chi connectivity index (χ0) is 23.5. The normalized spacial score (nSPS) is 13.8. The van der Waals surface area contributed by atoms with Gasteiger partial charge in [-0.1, -0.05) is 54.6 Å². The number of para-hydroxylation sites is 2. The van der Waals surface area contributed by atoms with Gasteiger partial charge in [0, 0.05) is 37.8 Å². The number of aromatic nitrogens is 2. The molecule has 1 fully saturated rings. The van der Waals surface area contributed by atoms with Crippen LogP contribution >= 0.6 is 0 Å². The summed E-state index contributed by atoms with van der Waals surface area (Å²) in [4.78, 5) is 29.5. The molecule has 34 heavy (non-hydrogen) atoms. The zero-order valence-electron chi connectivity index (χ0n) is 19.1. The maximum atomic E-state index is 13.0. The van der Waals surface area contributed by atoms with Gasteiger partial charge in [-0.3, -0.25) is 9.59 Å². The van der Waals surface area contributed by atoms with Crippen LogP contribution in [0.2, 0.25) is 0 Å². The Balaban J connectivity index is 1.31. The fourth-order valence-corrected chi connectivity index (χ4v) is 4.47. The SMILES string of the molecule is COc1ccccc1N1CCN(C(=O)Cn2nc(-c3cccc4ccccc34)ccc2=O)CC1. The van der Waals surface area contributed by atoms with Gasteiger partial charge in [-0.05, 0) is 29.0 Å². The van der Waals surface area contributed by atoms with Gasteiger partial charge in [0.25, 0.3) is 5.56 Å². The Morgan fingerprint density at radius 2 is 1.62 bits per heavy atom. The van der Waals surface area contributed by atoms with Gasteiger partial charge in [-0.2, -0.15) is 5.10 Å². The highest BCUT2D eigenvalue weighted by atomic mass is 16.5. The minimum atomic E-state index is -0.287. The molecule has 172 valence electrons. The van der Waals surface area contributed by atoms with Gasteiger partial charge >= 0.3 is 0 Å². The van der Waals surface area contributed by atoms with Crippen molar-refractivity contribution in [2.75, 3.05) is 38.2 Å². The number of methoxy groups -OCH3 is 1. The molecule has 3 aromatic carbocycles. The van der Waals surface area contributed by atoms with Crippen LogP contribution in [-0.4, -0.2) is 53.9 Å². The number of ether oxygens (including phenoxy) is 1. The predicted octanol–water partition coefficient (Wildman–Crippen LogP) is 3.42. The highest BCUT2D eigenvalue weighted by Crippen LogP contribution is 2.29. The average molecular weight is 455 g/mol. The topological polar surface area (TPSA) is 67.7 Å². The molecular formula is C27H26N4O3. The number of hydrogen-bond acceptors (Lipinski definition) is 5. The Kier molecular flexibility index (Phi) is 5.99. The molecule has 0 spiro atoms. The summed E-state index contributed by atoms with van der Waals surface area (Å²) in [6, 6.07) is 25.2. The molecule has 1 saturated heterocycles. The number of carbonyl (C=O) groups excluding carboxylic acids is 1. The second kappa shape index (κ2) is 9.39. The molecule has 0 radical (unpaired) electrons. The van der Waals surface area contributed by atoms with Crippen LogP contribution in [0, 0.1) is 0 Å². The summed E-state index contributed by atoms with van der Waals surface area (Å²) in [5, 5.41) is 6.70. The molecule has 0 unspecified atom stereocenters. The van der Waals surface area contributed by atoms with E-state index in [2.05, 4.69) is 10.00 Å². The fourth-order valence-electron chi connectivity index (χ4n) is 4.47. The summed E-state index contributed by atoms with van der Waals surface area (Å²) in [6.07, 6.45) is 0. The quantitative estimate of drug-likeness (QED) is 0.462. The van der Waals surface area contributed by atoms with Crippen molar-refractivity contribution in [1.29, 1.82) is 0 Å². The van der Waals surface area contributed by atoms with E-state index in [9.17, 15) is 9.59 Å². The first-order valence-electron chi connectivity index (χ1n) is 11.4. The van der Waals surface area contributed by atoms with Crippen molar-refractivity contribution in [3.63, 3.8) is 0 Å². The van der Waals surface area contributed by atoms with Crippen molar-refractivity contribution in [3.05, 3.63) is 89.2 Å². The highest BCUT2D eigenvalue weighted by molar-refractivity contribution is 5.95. The molecule has 1 aliphatic rings. The number of hydrogen-bond donors (Lipinski definition) is 0. The maximum absolute atomic E-state index is 13.0. The third-order valence-corrected chi connectivity index (χ3v) is 6.28. The Morgan fingerprint density at radius 3 is 2.44 bits per heavy atom. The summed E-state index contributed by atoms with van der Waals surface area (Å²) in [5.74, 6) is 0.715. The second-order valence-corrected chi connectivity index (χ2v) is 8.28. The maximum Gasteiger partial charge on any atom is 0.267 e. The lowest BCUT2D eigenvalue weighted by atomic mass is 10.0. The number of amides is 1. The molecule has 0 bridgehead atoms. The van der Waals surface area contributed by atoms with E-state index in [-0.39, 0.29) is 18.0 Å². The predicted molar refractivity (Wildman–Crippen MR) is 133 cm³/mol. The molecule has 2 heterocycles. The lowest BCUT2D eigenvalue weighted by Crippen LogP contribution is -2.50. The first-order chi connectivity index (χ1) is 16.6. The number of nitrogens with zero attached hydrogens (tertiary/aromatic N) is 4. The van der Waals surface area contributed by atoms with Gasteiger partial charge in [0.1, 0.15) is 12.3 Å². The molecule has 0 N–H and O–H groups in total. The van der Waals surface area contributed by atoms with Crippen molar-refractivity contribution >= 4 is 22.4 Å². The van der Waals surface area contributed by atoms with Crippen LogP contribution in [0.25, 0.3) is 22.0 Å². The number of benzene rings is 3. The van der Waals surface area contributed by atoms with Crippen LogP contribution in [0.5, 0.6) is 5.75 Å². The van der Waals surface area contributed by atoms with E-state index in [0.717, 1.165) is 27.8 Å². The van der Waals surface area contributed by atoms with Crippen LogP contribution < -0.4 is 15.2 Å². The van der Waals surface area contributed by atoms with Crippen molar-refractivity contribution in [2.45, 2.75) is 6.54 Å². The summed E-state index contributed by atoms with van der Waals surface area (Å²) < 4.78 is 6.74. The van der Waals surface area contributed by atoms with E-state index < -0.39 is 0 Å². The number of fused-ring (bicyclic) bond motifs is 1. The number of piperazine rings is 1. The van der Waals surface area contributed by atoms with Gasteiger partial charge < -0.3 is 14.5 Å². The van der Waals surface area contributed by atoms with E-state index in [1.807, 2.05) is 66.7 Å². The van der Waals surface area contributed by atoms with Crippen LogP contribution in [0.15, 0.2) is 83.7 Å². The minimum Gasteiger partial charge on any atom is -0.495 e. The Labute approximate surface area is 197 Å². The third kappa shape index (κ3) is 4.24. The number of carbonyl (C=O) groups is 1. The van der Waals surface area contributed by atoms with E-state index >= 15 is 0 Å². The fraction of sp³-hybridized carbons (Fsp3) is 0.222. The summed E-state index contributed by atoms with van der Waals surface area (Å²) in [6.45, 7) is 2.48. The van der Waals surface area contributed by atoms with E-state index in [0.29, 0.717) is 31.9 Å². The molecule has 1 aliphatic heterocycles. The summed E-state index contributed by atoms with van der Waals surface area (Å²) in [7, 11) is 1.66. The Hall–Kier alpha value is -4.13. The van der Waals surface area contributed by atoms with Crippen molar-refractivity contribution in [1.82, 2.24) is 14.7 Å². The van der Waals surface area contributed by atoms with E-state index in [4.69, 9.17) is 4.74 Å². The highest BCUT2D eigenvalue weighted by Gasteiger charge is 2.23. The Morgan fingerprint density at radius 1 is 0.882 bits per heavy atom. The minimum absolute atomic E-state index is 0.0773. The van der Waals surface area contributed by atoms with E-state index in [1.165, 1.54) is 10.7 Å². The molecule has 1 aromatic heterocycles. The summed E-state index contributed by atoms with van der Waals surface area (Å²) >= 11 is 0. The van der Waals surface area contributed by atoms with E-state index in [1.54, 1.807) is 18.1 Å². The van der Waals surface area contributed by atoms with Gasteiger partial charge in [0.2, 0.25) is 5.91 Å². The van der Waals surface area contributed by atoms with Crippen molar-refractivity contribution in [3.8, 4) is 17.0 Å². The second-order valence-electron chi connectivity index (χ2n) is 8.28. The molecule has 7 nitrogen and oxygen atoms in total. The smallest absolute Gasteiger partial charge is 0.267 e. The first kappa shape index (κ1) is 21.7. The molecule has 1 amide bonds. The molecule has 5 rings (SSSR count). The standard InChI is InChI=1S/C27H26N4O3/c1-34-25-12-5-4-11-24(25)29-15-17-30(18-16-29)27(33)19-31-26(32)14-13-23(28-31)22-10-6-8-20-7-2-3-9-21(20)22/h2-14H,15-19H2,1H3. The lowest BCUT2D eigenvalue weighted by Gasteiger charge is -2.36. The Bertz CT molecular complexity index is 1380. The van der Waals surface area contributed by atoms with Crippen molar-refractivity contribution < 1.29 is 9.53 Å². The van der Waals surface area contributed by atoms with Gasteiger partial charge in [-0.25, -0.2) is 4.68 Å². The van der Waals surface area contributed by atoms with Crippen LogP contribution in [-0.2, 0) is 11.3 Å². The molecule has 7 heteroatoms. The zero-order valence-corrected chi connectivity index (χ0v) is 19.1. The van der Waals surface area contributed by atoms with Gasteiger partial charge in [-0.15, -0.1) is 0 Å². The number of rotatable bonds is 5. The molecule has 0 atom stereocenters. The first-order valence-corrected chi connectivity index (χ1v) is 11.4. The molecular weight excluding hydrogens is 428 g/mol. The number of anilines is 1. The van der Waals surface area contributed by atoms with Crippen LogP contribution in [0.3, 0.4) is 0 Å². The van der Waals surface area contributed by atoms with Gasteiger partial charge in [0.15, 0.2) is 0 Å². The lowest BCUT2D eigenvalue weighted by molar-refractivity contribution is -0.132. The molecule has 4 aromatic rings.